The van der Waals surface area contributed by atoms with Gasteiger partial charge in [0.05, 0.1) is 16.1 Å². The maximum atomic E-state index is 12.7. The Morgan fingerprint density at radius 1 is 1.24 bits per heavy atom. The number of nitrogens with zero attached hydrogens (tertiary/aromatic N) is 1. The second-order valence-electron chi connectivity index (χ2n) is 7.10. The number of carbonyl (C=O) groups is 1. The van der Waals surface area contributed by atoms with Crippen molar-refractivity contribution in [2.24, 2.45) is 0 Å². The topological polar surface area (TPSA) is 39.2 Å². The molecule has 0 saturated heterocycles. The zero-order valence-corrected chi connectivity index (χ0v) is 14.9. The summed E-state index contributed by atoms with van der Waals surface area (Å²) in [6.07, 6.45) is -1.58. The maximum Gasteiger partial charge on any atom is 0.417 e. The van der Waals surface area contributed by atoms with E-state index in [0.29, 0.717) is 21.4 Å². The highest BCUT2D eigenvalue weighted by atomic mass is 32.1. The molecule has 3 rings (SSSR count). The summed E-state index contributed by atoms with van der Waals surface area (Å²) in [5.41, 5.74) is -0.0532. The number of aromatic nitrogens is 1. The first-order chi connectivity index (χ1) is 11.5. The van der Waals surface area contributed by atoms with Crippen molar-refractivity contribution in [2.75, 3.05) is 0 Å². The first-order valence-corrected chi connectivity index (χ1v) is 8.77. The molecule has 0 aliphatic heterocycles. The van der Waals surface area contributed by atoms with Crippen LogP contribution in [0.1, 0.15) is 60.3 Å². The highest BCUT2D eigenvalue weighted by Crippen LogP contribution is 2.46. The Morgan fingerprint density at radius 2 is 1.92 bits per heavy atom. The quantitative estimate of drug-likeness (QED) is 0.655. The Morgan fingerprint density at radius 3 is 2.40 bits per heavy atom. The van der Waals surface area contributed by atoms with E-state index >= 15 is 0 Å². The van der Waals surface area contributed by atoms with Crippen molar-refractivity contribution in [2.45, 2.75) is 51.3 Å². The van der Waals surface area contributed by atoms with Gasteiger partial charge in [-0.25, -0.2) is 4.79 Å². The van der Waals surface area contributed by atoms with Crippen LogP contribution in [0.2, 0.25) is 0 Å². The van der Waals surface area contributed by atoms with Crippen molar-refractivity contribution in [3.8, 4) is 10.6 Å². The smallest absolute Gasteiger partial charge is 0.417 e. The van der Waals surface area contributed by atoms with Crippen molar-refractivity contribution >= 4 is 17.3 Å². The van der Waals surface area contributed by atoms with Gasteiger partial charge in [-0.15, -0.1) is 11.3 Å². The van der Waals surface area contributed by atoms with Crippen molar-refractivity contribution in [3.63, 3.8) is 0 Å². The van der Waals surface area contributed by atoms with E-state index in [2.05, 4.69) is 4.98 Å². The minimum absolute atomic E-state index is 0.321. The van der Waals surface area contributed by atoms with E-state index in [0.717, 1.165) is 30.7 Å². The van der Waals surface area contributed by atoms with Crippen molar-refractivity contribution in [3.05, 3.63) is 40.4 Å². The molecular formula is C18H18F3NO2S. The number of hydrogen-bond acceptors (Lipinski definition) is 4. The van der Waals surface area contributed by atoms with E-state index in [1.807, 2.05) is 6.07 Å². The van der Waals surface area contributed by atoms with Crippen LogP contribution in [-0.2, 0) is 10.9 Å². The Hall–Kier alpha value is -1.89. The van der Waals surface area contributed by atoms with Crippen molar-refractivity contribution in [1.29, 1.82) is 0 Å². The highest BCUT2D eigenvalue weighted by Gasteiger charge is 2.33. The molecule has 2 aromatic rings. The SMILES string of the molecule is CC(C)(C)OC(=O)c1sc(-c2ccc(C(F)(F)F)cn2)cc1C1CC1. The van der Waals surface area contributed by atoms with Gasteiger partial charge in [0.15, 0.2) is 0 Å². The number of halogens is 3. The molecule has 0 atom stereocenters. The van der Waals surface area contributed by atoms with Crippen LogP contribution in [0.25, 0.3) is 10.6 Å². The van der Waals surface area contributed by atoms with Gasteiger partial charge in [0, 0.05) is 6.20 Å². The van der Waals surface area contributed by atoms with Gasteiger partial charge in [-0.1, -0.05) is 0 Å². The summed E-state index contributed by atoms with van der Waals surface area (Å²) in [5.74, 6) is -0.0699. The monoisotopic (exact) mass is 369 g/mol. The van der Waals surface area contributed by atoms with E-state index < -0.39 is 23.3 Å². The van der Waals surface area contributed by atoms with Gasteiger partial charge in [0.25, 0.3) is 0 Å². The van der Waals surface area contributed by atoms with Crippen LogP contribution < -0.4 is 0 Å². The fourth-order valence-corrected chi connectivity index (χ4v) is 3.52. The Bertz CT molecular complexity index is 784. The molecule has 0 spiro atoms. The summed E-state index contributed by atoms with van der Waals surface area (Å²) in [4.78, 5) is 17.6. The largest absolute Gasteiger partial charge is 0.456 e. The average molecular weight is 369 g/mol. The second kappa shape index (κ2) is 6.12. The predicted octanol–water partition coefficient (Wildman–Crippen LogP) is 5.66. The van der Waals surface area contributed by atoms with Crippen LogP contribution in [-0.4, -0.2) is 16.6 Å². The summed E-state index contributed by atoms with van der Waals surface area (Å²) < 4.78 is 43.5. The number of pyridine rings is 1. The van der Waals surface area contributed by atoms with E-state index in [4.69, 9.17) is 4.74 Å². The summed E-state index contributed by atoms with van der Waals surface area (Å²) >= 11 is 1.22. The van der Waals surface area contributed by atoms with Gasteiger partial charge in [-0.3, -0.25) is 4.98 Å². The third-order valence-corrected chi connectivity index (χ3v) is 4.86. The third kappa shape index (κ3) is 4.21. The molecule has 0 unspecified atom stereocenters. The minimum Gasteiger partial charge on any atom is -0.456 e. The molecule has 0 aromatic carbocycles. The fourth-order valence-electron chi connectivity index (χ4n) is 2.42. The average Bonchev–Trinajstić information content (AvgIpc) is 3.23. The van der Waals surface area contributed by atoms with E-state index in [9.17, 15) is 18.0 Å². The molecule has 0 bridgehead atoms. The molecule has 2 heterocycles. The zero-order valence-electron chi connectivity index (χ0n) is 14.1. The summed E-state index contributed by atoms with van der Waals surface area (Å²) in [7, 11) is 0. The van der Waals surface area contributed by atoms with Crippen LogP contribution in [0.5, 0.6) is 0 Å². The molecular weight excluding hydrogens is 351 g/mol. The normalized spacial score (nSPS) is 15.3. The molecule has 1 aliphatic carbocycles. The van der Waals surface area contributed by atoms with Crippen LogP contribution in [0.3, 0.4) is 0 Å². The molecule has 0 radical (unpaired) electrons. The van der Waals surface area contributed by atoms with Crippen LogP contribution >= 0.6 is 11.3 Å². The van der Waals surface area contributed by atoms with Crippen LogP contribution in [0.4, 0.5) is 13.2 Å². The number of ether oxygens (including phenoxy) is 1. The van der Waals surface area contributed by atoms with Crippen molar-refractivity contribution in [1.82, 2.24) is 4.98 Å². The highest BCUT2D eigenvalue weighted by molar-refractivity contribution is 7.17. The number of thiophene rings is 1. The van der Waals surface area contributed by atoms with E-state index in [1.165, 1.54) is 17.4 Å². The number of hydrogen-bond donors (Lipinski definition) is 0. The summed E-state index contributed by atoms with van der Waals surface area (Å²) in [6.45, 7) is 5.40. The number of rotatable bonds is 3. The van der Waals surface area contributed by atoms with Gasteiger partial charge in [0.1, 0.15) is 10.5 Å². The standard InChI is InChI=1S/C18H18F3NO2S/c1-17(2,3)24-16(23)15-12(10-4-5-10)8-14(25-15)13-7-6-11(9-22-13)18(19,20)21/h6-10H,4-5H2,1-3H3. The zero-order chi connectivity index (χ0) is 18.4. The first-order valence-electron chi connectivity index (χ1n) is 7.95. The predicted molar refractivity (Wildman–Crippen MR) is 89.7 cm³/mol. The van der Waals surface area contributed by atoms with E-state index in [-0.39, 0.29) is 0 Å². The first kappa shape index (κ1) is 17.9. The van der Waals surface area contributed by atoms with Gasteiger partial charge < -0.3 is 4.74 Å². The fraction of sp³-hybridized carbons (Fsp3) is 0.444. The Balaban J connectivity index is 1.93. The summed E-state index contributed by atoms with van der Waals surface area (Å²) in [6, 6.07) is 4.20. The van der Waals surface area contributed by atoms with Gasteiger partial charge in [-0.05, 0) is 63.3 Å². The lowest BCUT2D eigenvalue weighted by Crippen LogP contribution is -2.23. The summed E-state index contributed by atoms with van der Waals surface area (Å²) in [5, 5.41) is 0. The molecule has 1 fully saturated rings. The second-order valence-corrected chi connectivity index (χ2v) is 8.15. The minimum atomic E-state index is -4.41. The molecule has 7 heteroatoms. The van der Waals surface area contributed by atoms with Gasteiger partial charge >= 0.3 is 12.1 Å². The lowest BCUT2D eigenvalue weighted by Gasteiger charge is -2.19. The Kier molecular flexibility index (Phi) is 4.39. The van der Waals surface area contributed by atoms with Crippen LogP contribution in [0.15, 0.2) is 24.4 Å². The Labute approximate surface area is 147 Å². The lowest BCUT2D eigenvalue weighted by atomic mass is 10.1. The maximum absolute atomic E-state index is 12.7. The molecule has 0 N–H and O–H groups in total. The van der Waals surface area contributed by atoms with Gasteiger partial charge in [0.2, 0.25) is 0 Å². The molecule has 134 valence electrons. The molecule has 0 amide bonds. The van der Waals surface area contributed by atoms with E-state index in [1.54, 1.807) is 20.8 Å². The van der Waals surface area contributed by atoms with Crippen molar-refractivity contribution < 1.29 is 22.7 Å². The molecule has 3 nitrogen and oxygen atoms in total. The third-order valence-electron chi connectivity index (χ3n) is 3.71. The number of esters is 1. The van der Waals surface area contributed by atoms with Gasteiger partial charge in [-0.2, -0.15) is 13.2 Å². The van der Waals surface area contributed by atoms with Crippen LogP contribution in [0, 0.1) is 0 Å². The molecule has 1 saturated carbocycles. The lowest BCUT2D eigenvalue weighted by molar-refractivity contribution is -0.137. The molecule has 1 aliphatic rings. The molecule has 2 aromatic heterocycles. The molecule has 25 heavy (non-hydrogen) atoms. The number of alkyl halides is 3. The number of carbonyl (C=O) groups excluding carboxylic acids is 1.